The lowest BCUT2D eigenvalue weighted by Gasteiger charge is -1.99. The Balaban J connectivity index is 1.66. The molecule has 5 heteroatoms. The fourth-order valence-corrected chi connectivity index (χ4v) is 3.55. The second-order valence-electron chi connectivity index (χ2n) is 4.84. The zero-order valence-electron chi connectivity index (χ0n) is 10.7. The zero-order valence-corrected chi connectivity index (χ0v) is 12.3. The maximum absolute atomic E-state index is 4.67. The van der Waals surface area contributed by atoms with E-state index in [1.807, 2.05) is 6.92 Å². The molecule has 0 bridgehead atoms. The van der Waals surface area contributed by atoms with E-state index in [2.05, 4.69) is 27.6 Å². The fourth-order valence-electron chi connectivity index (χ4n) is 1.97. The Labute approximate surface area is 115 Å². The molecular weight excluding hydrogens is 262 g/mol. The fraction of sp³-hybridized carbons (Fsp3) is 0.538. The van der Waals surface area contributed by atoms with Crippen LogP contribution in [-0.2, 0) is 6.54 Å². The number of hydrogen-bond donors (Lipinski definition) is 1. The molecule has 2 heterocycles. The van der Waals surface area contributed by atoms with Crippen molar-refractivity contribution >= 4 is 22.7 Å². The monoisotopic (exact) mass is 279 g/mol. The van der Waals surface area contributed by atoms with Crippen LogP contribution in [0.3, 0.4) is 0 Å². The molecule has 0 aliphatic heterocycles. The van der Waals surface area contributed by atoms with E-state index >= 15 is 0 Å². The largest absolute Gasteiger partial charge is 0.310 e. The van der Waals surface area contributed by atoms with Crippen LogP contribution >= 0.6 is 22.7 Å². The molecule has 0 atom stereocenters. The highest BCUT2D eigenvalue weighted by Crippen LogP contribution is 2.29. The van der Waals surface area contributed by atoms with Crippen LogP contribution in [0.4, 0.5) is 0 Å². The average molecular weight is 279 g/mol. The Morgan fingerprint density at radius 2 is 2.17 bits per heavy atom. The van der Waals surface area contributed by atoms with E-state index in [0.29, 0.717) is 0 Å². The summed E-state index contributed by atoms with van der Waals surface area (Å²) in [6.45, 7) is 6.20. The van der Waals surface area contributed by atoms with Gasteiger partial charge in [0.2, 0.25) is 0 Å². The molecule has 0 aromatic carbocycles. The van der Waals surface area contributed by atoms with Crippen molar-refractivity contribution < 1.29 is 0 Å². The number of hydrogen-bond acceptors (Lipinski definition) is 5. The SMILES string of the molecule is Cc1nc(-c2csc(CNCC3CC3)n2)c(C)s1. The number of thiazole rings is 2. The number of rotatable bonds is 5. The van der Waals surface area contributed by atoms with Gasteiger partial charge in [-0.15, -0.1) is 22.7 Å². The van der Waals surface area contributed by atoms with Crippen molar-refractivity contribution in [3.05, 3.63) is 20.3 Å². The molecule has 1 fully saturated rings. The summed E-state index contributed by atoms with van der Waals surface area (Å²) in [5.41, 5.74) is 2.09. The molecule has 96 valence electrons. The first-order chi connectivity index (χ1) is 8.72. The lowest BCUT2D eigenvalue weighted by molar-refractivity contribution is 0.637. The molecule has 0 spiro atoms. The maximum atomic E-state index is 4.67. The second kappa shape index (κ2) is 5.07. The Bertz CT molecular complexity index is 540. The van der Waals surface area contributed by atoms with E-state index in [0.717, 1.165) is 40.4 Å². The highest BCUT2D eigenvalue weighted by Gasteiger charge is 2.20. The van der Waals surface area contributed by atoms with Gasteiger partial charge in [0.05, 0.1) is 5.01 Å². The van der Waals surface area contributed by atoms with Crippen LogP contribution < -0.4 is 5.32 Å². The molecule has 0 amide bonds. The number of nitrogens with one attached hydrogen (secondary N) is 1. The minimum atomic E-state index is 0.892. The van der Waals surface area contributed by atoms with Gasteiger partial charge in [0, 0.05) is 16.8 Å². The lowest BCUT2D eigenvalue weighted by atomic mass is 10.3. The van der Waals surface area contributed by atoms with Crippen LogP contribution in [0.25, 0.3) is 11.4 Å². The summed E-state index contributed by atoms with van der Waals surface area (Å²) in [6, 6.07) is 0. The number of aromatic nitrogens is 2. The van der Waals surface area contributed by atoms with Crippen molar-refractivity contribution in [2.75, 3.05) is 6.54 Å². The van der Waals surface area contributed by atoms with Crippen molar-refractivity contribution in [3.8, 4) is 11.4 Å². The van der Waals surface area contributed by atoms with Gasteiger partial charge in [0.15, 0.2) is 0 Å². The molecule has 3 nitrogen and oxygen atoms in total. The highest BCUT2D eigenvalue weighted by atomic mass is 32.1. The van der Waals surface area contributed by atoms with E-state index in [1.165, 1.54) is 17.7 Å². The molecule has 3 rings (SSSR count). The maximum Gasteiger partial charge on any atom is 0.107 e. The Kier molecular flexibility index (Phi) is 3.46. The smallest absolute Gasteiger partial charge is 0.107 e. The minimum Gasteiger partial charge on any atom is -0.310 e. The summed E-state index contributed by atoms with van der Waals surface area (Å²) in [7, 11) is 0. The topological polar surface area (TPSA) is 37.8 Å². The van der Waals surface area contributed by atoms with Crippen molar-refractivity contribution in [2.24, 2.45) is 5.92 Å². The van der Waals surface area contributed by atoms with Gasteiger partial charge in [0.1, 0.15) is 16.4 Å². The number of nitrogens with zero attached hydrogens (tertiary/aromatic N) is 2. The quantitative estimate of drug-likeness (QED) is 0.911. The molecule has 1 aliphatic carbocycles. The summed E-state index contributed by atoms with van der Waals surface area (Å²) in [5, 5.41) is 7.88. The standard InChI is InChI=1S/C13H17N3S2/c1-8-13(15-9(2)18-8)11-7-17-12(16-11)6-14-5-10-3-4-10/h7,10,14H,3-6H2,1-2H3. The first-order valence-corrected chi connectivity index (χ1v) is 8.01. The predicted molar refractivity (Wildman–Crippen MR) is 77.1 cm³/mol. The highest BCUT2D eigenvalue weighted by molar-refractivity contribution is 7.12. The normalized spacial score (nSPS) is 15.2. The summed E-state index contributed by atoms with van der Waals surface area (Å²) >= 11 is 3.47. The Hall–Kier alpha value is -0.780. The molecule has 0 saturated heterocycles. The minimum absolute atomic E-state index is 0.892. The van der Waals surface area contributed by atoms with Crippen molar-refractivity contribution in [1.82, 2.24) is 15.3 Å². The molecular formula is C13H17N3S2. The van der Waals surface area contributed by atoms with Gasteiger partial charge >= 0.3 is 0 Å². The van der Waals surface area contributed by atoms with Crippen LogP contribution in [0.1, 0.15) is 27.7 Å². The van der Waals surface area contributed by atoms with Gasteiger partial charge in [0.25, 0.3) is 0 Å². The van der Waals surface area contributed by atoms with Gasteiger partial charge in [-0.25, -0.2) is 9.97 Å². The first-order valence-electron chi connectivity index (χ1n) is 6.32. The van der Waals surface area contributed by atoms with E-state index < -0.39 is 0 Å². The number of aryl methyl sites for hydroxylation is 2. The Morgan fingerprint density at radius 1 is 1.33 bits per heavy atom. The lowest BCUT2D eigenvalue weighted by Crippen LogP contribution is -2.15. The van der Waals surface area contributed by atoms with Gasteiger partial charge in [-0.3, -0.25) is 0 Å². The third-order valence-electron chi connectivity index (χ3n) is 3.10. The average Bonchev–Trinajstić information content (AvgIpc) is 2.92. The summed E-state index contributed by atoms with van der Waals surface area (Å²) in [6.07, 6.45) is 2.79. The predicted octanol–water partition coefficient (Wildman–Crippen LogP) is 3.38. The molecule has 1 saturated carbocycles. The van der Waals surface area contributed by atoms with E-state index in [9.17, 15) is 0 Å². The second-order valence-corrected chi connectivity index (χ2v) is 7.19. The molecule has 18 heavy (non-hydrogen) atoms. The van der Waals surface area contributed by atoms with Crippen LogP contribution in [0.15, 0.2) is 5.38 Å². The third-order valence-corrected chi connectivity index (χ3v) is 4.84. The summed E-state index contributed by atoms with van der Waals surface area (Å²) < 4.78 is 0. The molecule has 0 unspecified atom stereocenters. The Morgan fingerprint density at radius 3 is 2.83 bits per heavy atom. The zero-order chi connectivity index (χ0) is 12.5. The van der Waals surface area contributed by atoms with Crippen LogP contribution in [0.5, 0.6) is 0 Å². The van der Waals surface area contributed by atoms with Crippen LogP contribution in [0, 0.1) is 19.8 Å². The molecule has 0 radical (unpaired) electrons. The van der Waals surface area contributed by atoms with Crippen molar-refractivity contribution in [3.63, 3.8) is 0 Å². The van der Waals surface area contributed by atoms with Gasteiger partial charge in [-0.05, 0) is 39.2 Å². The van der Waals surface area contributed by atoms with Crippen LogP contribution in [0.2, 0.25) is 0 Å². The first kappa shape index (κ1) is 12.3. The molecule has 2 aromatic rings. The van der Waals surface area contributed by atoms with Crippen molar-refractivity contribution in [1.29, 1.82) is 0 Å². The van der Waals surface area contributed by atoms with E-state index in [1.54, 1.807) is 22.7 Å². The molecule has 1 N–H and O–H groups in total. The third kappa shape index (κ3) is 2.79. The summed E-state index contributed by atoms with van der Waals surface area (Å²) in [5.74, 6) is 0.924. The van der Waals surface area contributed by atoms with Gasteiger partial charge in [-0.2, -0.15) is 0 Å². The van der Waals surface area contributed by atoms with E-state index in [-0.39, 0.29) is 0 Å². The molecule has 1 aliphatic rings. The molecule has 2 aromatic heterocycles. The summed E-state index contributed by atoms with van der Waals surface area (Å²) in [4.78, 5) is 10.5. The van der Waals surface area contributed by atoms with Gasteiger partial charge in [-0.1, -0.05) is 0 Å². The van der Waals surface area contributed by atoms with Crippen molar-refractivity contribution in [2.45, 2.75) is 33.2 Å². The van der Waals surface area contributed by atoms with Crippen LogP contribution in [-0.4, -0.2) is 16.5 Å². The van der Waals surface area contributed by atoms with E-state index in [4.69, 9.17) is 0 Å². The van der Waals surface area contributed by atoms with Gasteiger partial charge < -0.3 is 5.32 Å².